The van der Waals surface area contributed by atoms with E-state index >= 15 is 0 Å². The van der Waals surface area contributed by atoms with E-state index in [0.717, 1.165) is 21.3 Å². The van der Waals surface area contributed by atoms with Crippen LogP contribution in [-0.4, -0.2) is 25.4 Å². The molecular weight excluding hydrogens is 358 g/mol. The maximum Gasteiger partial charge on any atom is 0.165 e. The molecule has 1 unspecified atom stereocenters. The van der Waals surface area contributed by atoms with E-state index in [4.69, 9.17) is 9.47 Å². The number of hydrogen-bond acceptors (Lipinski definition) is 4. The van der Waals surface area contributed by atoms with Crippen LogP contribution in [0.25, 0.3) is 0 Å². The first-order chi connectivity index (χ1) is 11.2. The van der Waals surface area contributed by atoms with Crippen LogP contribution in [0.4, 0.5) is 0 Å². The number of benzene rings is 2. The average Bonchev–Trinajstić information content (AvgIpc) is 2.57. The van der Waals surface area contributed by atoms with Crippen LogP contribution in [0, 0.1) is 0 Å². The molecule has 0 saturated heterocycles. The molecule has 5 heteroatoms. The Hall–Kier alpha value is -1.56. The van der Waals surface area contributed by atoms with Crippen molar-refractivity contribution in [2.75, 3.05) is 20.3 Å². The second-order valence-electron chi connectivity index (χ2n) is 5.09. The van der Waals surface area contributed by atoms with Gasteiger partial charge in [-0.05, 0) is 24.6 Å². The van der Waals surface area contributed by atoms with Gasteiger partial charge in [0.25, 0.3) is 0 Å². The maximum absolute atomic E-state index is 10.2. The Bertz CT molecular complexity index is 619. The molecule has 2 aromatic carbocycles. The Balaban J connectivity index is 2.03. The molecule has 1 atom stereocenters. The minimum atomic E-state index is -0.541. The molecule has 0 aliphatic heterocycles. The Kier molecular flexibility index (Phi) is 6.89. The topological polar surface area (TPSA) is 50.7 Å². The number of methoxy groups -OCH3 is 1. The SMILES string of the molecule is CCOc1c(CNCC(O)c2ccccc2)cc(Br)cc1OC. The summed E-state index contributed by atoms with van der Waals surface area (Å²) in [6.45, 7) is 3.55. The maximum atomic E-state index is 10.2. The van der Waals surface area contributed by atoms with Crippen molar-refractivity contribution in [3.63, 3.8) is 0 Å². The van der Waals surface area contributed by atoms with Gasteiger partial charge in [-0.1, -0.05) is 46.3 Å². The van der Waals surface area contributed by atoms with Gasteiger partial charge in [0.1, 0.15) is 0 Å². The fourth-order valence-corrected chi connectivity index (χ4v) is 2.83. The van der Waals surface area contributed by atoms with Gasteiger partial charge in [-0.3, -0.25) is 0 Å². The number of halogens is 1. The monoisotopic (exact) mass is 379 g/mol. The van der Waals surface area contributed by atoms with Crippen LogP contribution in [-0.2, 0) is 6.54 Å². The van der Waals surface area contributed by atoms with Gasteiger partial charge in [0.15, 0.2) is 11.5 Å². The highest BCUT2D eigenvalue weighted by Crippen LogP contribution is 2.34. The number of aliphatic hydroxyl groups is 1. The lowest BCUT2D eigenvalue weighted by Gasteiger charge is -2.17. The van der Waals surface area contributed by atoms with E-state index in [1.807, 2.05) is 49.4 Å². The summed E-state index contributed by atoms with van der Waals surface area (Å²) in [5, 5.41) is 13.5. The predicted octanol–water partition coefficient (Wildman–Crippen LogP) is 3.68. The van der Waals surface area contributed by atoms with E-state index in [0.29, 0.717) is 25.4 Å². The lowest BCUT2D eigenvalue weighted by atomic mass is 10.1. The fraction of sp³-hybridized carbons (Fsp3) is 0.333. The van der Waals surface area contributed by atoms with Gasteiger partial charge in [-0.2, -0.15) is 0 Å². The van der Waals surface area contributed by atoms with Crippen molar-refractivity contribution in [3.05, 3.63) is 58.1 Å². The summed E-state index contributed by atoms with van der Waals surface area (Å²) in [7, 11) is 1.63. The molecule has 124 valence electrons. The van der Waals surface area contributed by atoms with Gasteiger partial charge in [-0.25, -0.2) is 0 Å². The second kappa shape index (κ2) is 8.91. The molecule has 2 N–H and O–H groups in total. The van der Waals surface area contributed by atoms with Crippen molar-refractivity contribution in [1.82, 2.24) is 5.32 Å². The Morgan fingerprint density at radius 1 is 1.22 bits per heavy atom. The van der Waals surface area contributed by atoms with Crippen molar-refractivity contribution < 1.29 is 14.6 Å². The first kappa shape index (κ1) is 17.8. The summed E-state index contributed by atoms with van der Waals surface area (Å²) in [5.41, 5.74) is 1.88. The predicted molar refractivity (Wildman–Crippen MR) is 95.0 cm³/mol. The van der Waals surface area contributed by atoms with Crippen LogP contribution in [0.1, 0.15) is 24.2 Å². The molecule has 4 nitrogen and oxygen atoms in total. The Morgan fingerprint density at radius 3 is 2.61 bits per heavy atom. The van der Waals surface area contributed by atoms with Crippen LogP contribution in [0.15, 0.2) is 46.9 Å². The second-order valence-corrected chi connectivity index (χ2v) is 6.00. The molecule has 0 bridgehead atoms. The third-order valence-corrected chi connectivity index (χ3v) is 3.90. The van der Waals surface area contributed by atoms with Gasteiger partial charge in [-0.15, -0.1) is 0 Å². The molecule has 2 aromatic rings. The van der Waals surface area contributed by atoms with Crippen LogP contribution in [0.2, 0.25) is 0 Å². The van der Waals surface area contributed by atoms with E-state index < -0.39 is 6.10 Å². The molecular formula is C18H22BrNO3. The van der Waals surface area contributed by atoms with Gasteiger partial charge in [0, 0.05) is 23.1 Å². The van der Waals surface area contributed by atoms with Crippen LogP contribution >= 0.6 is 15.9 Å². The molecule has 0 amide bonds. The lowest BCUT2D eigenvalue weighted by molar-refractivity contribution is 0.174. The largest absolute Gasteiger partial charge is 0.493 e. The Labute approximate surface area is 145 Å². The molecule has 0 aliphatic rings. The molecule has 2 rings (SSSR count). The highest BCUT2D eigenvalue weighted by atomic mass is 79.9. The van der Waals surface area contributed by atoms with Crippen LogP contribution < -0.4 is 14.8 Å². The molecule has 0 saturated carbocycles. The number of rotatable bonds is 8. The Morgan fingerprint density at radius 2 is 1.96 bits per heavy atom. The lowest BCUT2D eigenvalue weighted by Crippen LogP contribution is -2.21. The molecule has 0 heterocycles. The van der Waals surface area contributed by atoms with Gasteiger partial charge in [0.2, 0.25) is 0 Å². The molecule has 23 heavy (non-hydrogen) atoms. The van der Waals surface area contributed by atoms with Gasteiger partial charge >= 0.3 is 0 Å². The van der Waals surface area contributed by atoms with Crippen molar-refractivity contribution in [2.24, 2.45) is 0 Å². The molecule has 0 aliphatic carbocycles. The summed E-state index contributed by atoms with van der Waals surface area (Å²) < 4.78 is 12.0. The fourth-order valence-electron chi connectivity index (χ4n) is 2.35. The van der Waals surface area contributed by atoms with Crippen LogP contribution in [0.3, 0.4) is 0 Å². The number of aliphatic hydroxyl groups excluding tert-OH is 1. The van der Waals surface area contributed by atoms with Crippen LogP contribution in [0.5, 0.6) is 11.5 Å². The molecule has 0 spiro atoms. The smallest absolute Gasteiger partial charge is 0.165 e. The van der Waals surface area contributed by atoms with Crippen molar-refractivity contribution >= 4 is 15.9 Å². The zero-order chi connectivity index (χ0) is 16.7. The zero-order valence-electron chi connectivity index (χ0n) is 13.4. The summed E-state index contributed by atoms with van der Waals surface area (Å²) in [4.78, 5) is 0. The highest BCUT2D eigenvalue weighted by molar-refractivity contribution is 9.10. The van der Waals surface area contributed by atoms with E-state index in [9.17, 15) is 5.11 Å². The van der Waals surface area contributed by atoms with Gasteiger partial charge < -0.3 is 19.9 Å². The van der Waals surface area contributed by atoms with E-state index in [2.05, 4.69) is 21.2 Å². The quantitative estimate of drug-likeness (QED) is 0.734. The third kappa shape index (κ3) is 4.96. The minimum absolute atomic E-state index is 0.463. The van der Waals surface area contributed by atoms with Crippen molar-refractivity contribution in [2.45, 2.75) is 19.6 Å². The van der Waals surface area contributed by atoms with E-state index in [1.165, 1.54) is 0 Å². The summed E-state index contributed by atoms with van der Waals surface area (Å²) in [5.74, 6) is 1.43. The summed E-state index contributed by atoms with van der Waals surface area (Å²) >= 11 is 3.48. The normalized spacial score (nSPS) is 12.0. The number of nitrogens with one attached hydrogen (secondary N) is 1. The first-order valence-electron chi connectivity index (χ1n) is 7.58. The highest BCUT2D eigenvalue weighted by Gasteiger charge is 2.13. The summed E-state index contributed by atoms with van der Waals surface area (Å²) in [6, 6.07) is 13.5. The number of ether oxygens (including phenoxy) is 2. The minimum Gasteiger partial charge on any atom is -0.493 e. The molecule has 0 radical (unpaired) electrons. The van der Waals surface area contributed by atoms with Gasteiger partial charge in [0.05, 0.1) is 19.8 Å². The first-order valence-corrected chi connectivity index (χ1v) is 8.38. The summed E-state index contributed by atoms with van der Waals surface area (Å²) in [6.07, 6.45) is -0.541. The van der Waals surface area contributed by atoms with E-state index in [1.54, 1.807) is 7.11 Å². The third-order valence-electron chi connectivity index (χ3n) is 3.44. The average molecular weight is 380 g/mol. The molecule has 0 aromatic heterocycles. The standard InChI is InChI=1S/C18H22BrNO3/c1-3-23-18-14(9-15(19)10-17(18)22-2)11-20-12-16(21)13-7-5-4-6-8-13/h4-10,16,20-21H,3,11-12H2,1-2H3. The zero-order valence-corrected chi connectivity index (χ0v) is 15.0. The van der Waals surface area contributed by atoms with E-state index in [-0.39, 0.29) is 0 Å². The van der Waals surface area contributed by atoms with Crippen molar-refractivity contribution in [3.8, 4) is 11.5 Å². The molecule has 0 fully saturated rings. The van der Waals surface area contributed by atoms with Crippen molar-refractivity contribution in [1.29, 1.82) is 0 Å². The number of hydrogen-bond donors (Lipinski definition) is 2.